The lowest BCUT2D eigenvalue weighted by Gasteiger charge is -2.09. The quantitative estimate of drug-likeness (QED) is 0.615. The van der Waals surface area contributed by atoms with Crippen LogP contribution in [0.4, 0.5) is 5.69 Å². The molecule has 0 spiro atoms. The molecule has 0 aromatic heterocycles. The second kappa shape index (κ2) is 5.82. The van der Waals surface area contributed by atoms with Crippen LogP contribution >= 0.6 is 0 Å². The molecule has 1 aromatic rings. The van der Waals surface area contributed by atoms with Gasteiger partial charge < -0.3 is 10.5 Å². The second-order valence-corrected chi connectivity index (χ2v) is 3.55. The summed E-state index contributed by atoms with van der Waals surface area (Å²) >= 11 is 0. The zero-order valence-corrected chi connectivity index (χ0v) is 9.42. The minimum Gasteiger partial charge on any atom is -0.487 e. The second-order valence-electron chi connectivity index (χ2n) is 3.55. The van der Waals surface area contributed by atoms with E-state index in [-0.39, 0.29) is 18.0 Å². The highest BCUT2D eigenvalue weighted by atomic mass is 16.6. The molecule has 0 saturated heterocycles. The summed E-state index contributed by atoms with van der Waals surface area (Å²) in [6.07, 6.45) is 0.335. The maximum absolute atomic E-state index is 10.8. The standard InChI is InChI=1S/C11H13N3O3/c1-8-3-2-4-10(14(15)16)11(8)17-6-5-9(13)7-12/h2-4,9H,5-6,13H2,1H3. The number of nitrogens with two attached hydrogens (primary N) is 1. The van der Waals surface area contributed by atoms with Crippen LogP contribution in [0, 0.1) is 28.4 Å². The number of nitro benzene ring substituents is 1. The Morgan fingerprint density at radius 3 is 2.94 bits per heavy atom. The lowest BCUT2D eigenvalue weighted by atomic mass is 10.2. The van der Waals surface area contributed by atoms with Crippen LogP contribution in [0.3, 0.4) is 0 Å². The van der Waals surface area contributed by atoms with Gasteiger partial charge in [0.2, 0.25) is 0 Å². The molecular weight excluding hydrogens is 222 g/mol. The van der Waals surface area contributed by atoms with Gasteiger partial charge in [0.05, 0.1) is 23.6 Å². The van der Waals surface area contributed by atoms with Crippen molar-refractivity contribution in [3.63, 3.8) is 0 Å². The Balaban J connectivity index is 2.76. The van der Waals surface area contributed by atoms with Crippen molar-refractivity contribution in [1.82, 2.24) is 0 Å². The number of nitrogens with zero attached hydrogens (tertiary/aromatic N) is 2. The van der Waals surface area contributed by atoms with Crippen LogP contribution in [0.2, 0.25) is 0 Å². The minimum atomic E-state index is -0.613. The first-order chi connectivity index (χ1) is 8.06. The summed E-state index contributed by atoms with van der Waals surface area (Å²) in [6.45, 7) is 1.91. The molecule has 90 valence electrons. The maximum Gasteiger partial charge on any atom is 0.311 e. The highest BCUT2D eigenvalue weighted by Crippen LogP contribution is 2.30. The van der Waals surface area contributed by atoms with Crippen molar-refractivity contribution < 1.29 is 9.66 Å². The SMILES string of the molecule is Cc1cccc([N+](=O)[O-])c1OCCC(N)C#N. The predicted octanol–water partition coefficient (Wildman–Crippen LogP) is 1.52. The van der Waals surface area contributed by atoms with E-state index in [1.54, 1.807) is 19.1 Å². The molecule has 0 bridgehead atoms. The number of benzene rings is 1. The molecule has 0 radical (unpaired) electrons. The van der Waals surface area contributed by atoms with Crippen molar-refractivity contribution in [2.75, 3.05) is 6.61 Å². The van der Waals surface area contributed by atoms with E-state index < -0.39 is 11.0 Å². The highest BCUT2D eigenvalue weighted by Gasteiger charge is 2.16. The van der Waals surface area contributed by atoms with Gasteiger partial charge in [0, 0.05) is 12.5 Å². The van der Waals surface area contributed by atoms with Gasteiger partial charge in [-0.2, -0.15) is 5.26 Å². The predicted molar refractivity (Wildman–Crippen MR) is 61.5 cm³/mol. The Morgan fingerprint density at radius 2 is 2.35 bits per heavy atom. The van der Waals surface area contributed by atoms with Crippen molar-refractivity contribution >= 4 is 5.69 Å². The lowest BCUT2D eigenvalue weighted by Crippen LogP contribution is -2.20. The first-order valence-electron chi connectivity index (χ1n) is 5.08. The number of para-hydroxylation sites is 1. The Morgan fingerprint density at radius 1 is 1.65 bits per heavy atom. The number of nitriles is 1. The number of ether oxygens (including phenoxy) is 1. The smallest absolute Gasteiger partial charge is 0.311 e. The molecule has 0 aliphatic heterocycles. The average molecular weight is 235 g/mol. The minimum absolute atomic E-state index is 0.0736. The van der Waals surface area contributed by atoms with E-state index >= 15 is 0 Å². The fourth-order valence-corrected chi connectivity index (χ4v) is 1.32. The third-order valence-electron chi connectivity index (χ3n) is 2.23. The normalized spacial score (nSPS) is 11.6. The molecule has 0 aliphatic carbocycles. The van der Waals surface area contributed by atoms with Crippen LogP contribution in [-0.2, 0) is 0 Å². The number of rotatable bonds is 5. The average Bonchev–Trinajstić information content (AvgIpc) is 2.30. The number of hydrogen-bond donors (Lipinski definition) is 1. The van der Waals surface area contributed by atoms with Crippen molar-refractivity contribution in [2.24, 2.45) is 5.73 Å². The molecule has 2 N–H and O–H groups in total. The fourth-order valence-electron chi connectivity index (χ4n) is 1.32. The Bertz CT molecular complexity index is 454. The number of hydrogen-bond acceptors (Lipinski definition) is 5. The van der Waals surface area contributed by atoms with E-state index in [1.165, 1.54) is 6.07 Å². The van der Waals surface area contributed by atoms with Gasteiger partial charge in [-0.15, -0.1) is 0 Å². The van der Waals surface area contributed by atoms with Gasteiger partial charge >= 0.3 is 5.69 Å². The Hall–Kier alpha value is -2.13. The molecule has 6 heteroatoms. The van der Waals surface area contributed by atoms with Gasteiger partial charge in [-0.3, -0.25) is 10.1 Å². The van der Waals surface area contributed by atoms with Crippen LogP contribution < -0.4 is 10.5 Å². The van der Waals surface area contributed by atoms with Crippen LogP contribution in [0.5, 0.6) is 5.75 Å². The number of nitro groups is 1. The molecule has 17 heavy (non-hydrogen) atoms. The number of aryl methyl sites for hydroxylation is 1. The van der Waals surface area contributed by atoms with E-state index in [4.69, 9.17) is 15.7 Å². The van der Waals surface area contributed by atoms with Crippen molar-refractivity contribution in [3.05, 3.63) is 33.9 Å². The van der Waals surface area contributed by atoms with E-state index in [1.807, 2.05) is 6.07 Å². The molecule has 0 amide bonds. The summed E-state index contributed by atoms with van der Waals surface area (Å²) < 4.78 is 5.33. The third-order valence-corrected chi connectivity index (χ3v) is 2.23. The Kier molecular flexibility index (Phi) is 4.43. The molecule has 1 rings (SSSR count). The highest BCUT2D eigenvalue weighted by molar-refractivity contribution is 5.51. The third kappa shape index (κ3) is 3.43. The topological polar surface area (TPSA) is 102 Å². The monoisotopic (exact) mass is 235 g/mol. The summed E-state index contributed by atoms with van der Waals surface area (Å²) in [5, 5.41) is 19.3. The van der Waals surface area contributed by atoms with Crippen molar-refractivity contribution in [2.45, 2.75) is 19.4 Å². The molecule has 0 saturated carbocycles. The largest absolute Gasteiger partial charge is 0.487 e. The lowest BCUT2D eigenvalue weighted by molar-refractivity contribution is -0.385. The summed E-state index contributed by atoms with van der Waals surface area (Å²) in [5.74, 6) is 0.239. The van der Waals surface area contributed by atoms with E-state index in [0.717, 1.165) is 0 Å². The molecule has 0 fully saturated rings. The fraction of sp³-hybridized carbons (Fsp3) is 0.364. The van der Waals surface area contributed by atoms with Gasteiger partial charge in [-0.25, -0.2) is 0 Å². The van der Waals surface area contributed by atoms with E-state index in [2.05, 4.69) is 0 Å². The Labute approximate surface area is 98.8 Å². The molecule has 1 unspecified atom stereocenters. The summed E-state index contributed by atoms with van der Waals surface area (Å²) in [7, 11) is 0. The maximum atomic E-state index is 10.8. The van der Waals surface area contributed by atoms with Crippen LogP contribution in [-0.4, -0.2) is 17.6 Å². The van der Waals surface area contributed by atoms with Crippen LogP contribution in [0.15, 0.2) is 18.2 Å². The zero-order valence-electron chi connectivity index (χ0n) is 9.42. The molecule has 0 heterocycles. The van der Waals surface area contributed by atoms with E-state index in [9.17, 15) is 10.1 Å². The van der Waals surface area contributed by atoms with Crippen LogP contribution in [0.25, 0.3) is 0 Å². The molecule has 1 atom stereocenters. The first kappa shape index (κ1) is 12.9. The van der Waals surface area contributed by atoms with E-state index in [0.29, 0.717) is 12.0 Å². The van der Waals surface area contributed by atoms with Gasteiger partial charge in [-0.1, -0.05) is 12.1 Å². The summed E-state index contributed by atoms with van der Waals surface area (Å²) in [4.78, 5) is 10.3. The molecule has 0 aliphatic rings. The van der Waals surface area contributed by atoms with Crippen LogP contribution in [0.1, 0.15) is 12.0 Å². The van der Waals surface area contributed by atoms with Gasteiger partial charge in [-0.05, 0) is 12.5 Å². The molecular formula is C11H13N3O3. The molecule has 6 nitrogen and oxygen atoms in total. The molecule has 1 aromatic carbocycles. The summed E-state index contributed by atoms with van der Waals surface area (Å²) in [6, 6.07) is 5.96. The zero-order chi connectivity index (χ0) is 12.8. The van der Waals surface area contributed by atoms with Crippen molar-refractivity contribution in [3.8, 4) is 11.8 Å². The van der Waals surface area contributed by atoms with Gasteiger partial charge in [0.15, 0.2) is 5.75 Å². The summed E-state index contributed by atoms with van der Waals surface area (Å²) in [5.41, 5.74) is 6.01. The van der Waals surface area contributed by atoms with Crippen molar-refractivity contribution in [1.29, 1.82) is 5.26 Å². The van der Waals surface area contributed by atoms with Gasteiger partial charge in [0.1, 0.15) is 0 Å². The van der Waals surface area contributed by atoms with Gasteiger partial charge in [0.25, 0.3) is 0 Å². The first-order valence-corrected chi connectivity index (χ1v) is 5.08.